The van der Waals surface area contributed by atoms with E-state index in [1.54, 1.807) is 0 Å². The van der Waals surface area contributed by atoms with Gasteiger partial charge in [0, 0.05) is 23.8 Å². The van der Waals surface area contributed by atoms with Gasteiger partial charge in [0.05, 0.1) is 5.52 Å². The number of pyridine rings is 1. The van der Waals surface area contributed by atoms with Crippen molar-refractivity contribution in [3.8, 4) is 5.69 Å². The first-order valence-corrected chi connectivity index (χ1v) is 6.90. The molecule has 0 amide bonds. The molecule has 19 heavy (non-hydrogen) atoms. The number of aromatic nitrogens is 2. The summed E-state index contributed by atoms with van der Waals surface area (Å²) >= 11 is 0. The highest BCUT2D eigenvalue weighted by Gasteiger charge is 2.03. The molecule has 96 valence electrons. The second-order valence-corrected chi connectivity index (χ2v) is 4.85. The third kappa shape index (κ3) is 2.39. The number of unbranched alkanes of at least 4 members (excludes halogenated alkanes) is 1. The Kier molecular flexibility index (Phi) is 3.32. The van der Waals surface area contributed by atoms with E-state index in [4.69, 9.17) is 0 Å². The van der Waals surface area contributed by atoms with Gasteiger partial charge < -0.3 is 4.57 Å². The van der Waals surface area contributed by atoms with Crippen molar-refractivity contribution in [3.63, 3.8) is 0 Å². The molecular formula is C17H18N2. The average molecular weight is 250 g/mol. The summed E-state index contributed by atoms with van der Waals surface area (Å²) in [6, 6.07) is 14.9. The molecule has 0 N–H and O–H groups in total. The predicted octanol–water partition coefficient (Wildman–Crippen LogP) is 4.37. The largest absolute Gasteiger partial charge is 0.316 e. The molecule has 0 unspecified atom stereocenters. The normalized spacial score (nSPS) is 11.0. The molecule has 2 heteroatoms. The van der Waals surface area contributed by atoms with Gasteiger partial charge >= 0.3 is 0 Å². The van der Waals surface area contributed by atoms with Crippen molar-refractivity contribution >= 4 is 10.9 Å². The van der Waals surface area contributed by atoms with E-state index < -0.39 is 0 Å². The molecule has 2 nitrogen and oxygen atoms in total. The zero-order chi connectivity index (χ0) is 13.1. The highest BCUT2D eigenvalue weighted by atomic mass is 15.0. The van der Waals surface area contributed by atoms with E-state index in [1.807, 2.05) is 6.20 Å². The molecule has 3 rings (SSSR count). The lowest BCUT2D eigenvalue weighted by Gasteiger charge is -2.07. The van der Waals surface area contributed by atoms with Crippen LogP contribution in [0.3, 0.4) is 0 Å². The number of rotatable bonds is 4. The number of hydrogen-bond donors (Lipinski definition) is 0. The van der Waals surface area contributed by atoms with Crippen LogP contribution in [0.2, 0.25) is 0 Å². The molecule has 0 spiro atoms. The molecule has 0 aliphatic carbocycles. The molecule has 2 aromatic heterocycles. The van der Waals surface area contributed by atoms with Gasteiger partial charge in [0.1, 0.15) is 0 Å². The molecule has 2 heterocycles. The Bertz CT molecular complexity index is 682. The standard InChI is InChI=1S/C17H18N2/c1-2-3-7-15-13-16(9-11-18-15)19-12-10-14-6-4-5-8-17(14)19/h4-6,8-13H,2-3,7H2,1H3. The van der Waals surface area contributed by atoms with Crippen molar-refractivity contribution < 1.29 is 0 Å². The summed E-state index contributed by atoms with van der Waals surface area (Å²) in [7, 11) is 0. The van der Waals surface area contributed by atoms with Gasteiger partial charge in [-0.25, -0.2) is 0 Å². The van der Waals surface area contributed by atoms with Crippen LogP contribution in [-0.2, 0) is 6.42 Å². The summed E-state index contributed by atoms with van der Waals surface area (Å²) in [4.78, 5) is 4.45. The summed E-state index contributed by atoms with van der Waals surface area (Å²) in [5.41, 5.74) is 3.62. The minimum Gasteiger partial charge on any atom is -0.316 e. The van der Waals surface area contributed by atoms with Crippen LogP contribution in [0.25, 0.3) is 16.6 Å². The van der Waals surface area contributed by atoms with Crippen molar-refractivity contribution in [1.29, 1.82) is 0 Å². The average Bonchev–Trinajstić information content (AvgIpc) is 2.89. The molecule has 0 aliphatic rings. The van der Waals surface area contributed by atoms with Crippen LogP contribution < -0.4 is 0 Å². The molecule has 0 bridgehead atoms. The summed E-state index contributed by atoms with van der Waals surface area (Å²) < 4.78 is 2.23. The van der Waals surface area contributed by atoms with Crippen LogP contribution in [0.15, 0.2) is 54.9 Å². The monoisotopic (exact) mass is 250 g/mol. The molecular weight excluding hydrogens is 232 g/mol. The molecule has 0 aliphatic heterocycles. The zero-order valence-electron chi connectivity index (χ0n) is 11.2. The summed E-state index contributed by atoms with van der Waals surface area (Å²) in [6.07, 6.45) is 7.50. The number of hydrogen-bond acceptors (Lipinski definition) is 1. The number of aryl methyl sites for hydroxylation is 1. The number of nitrogens with zero attached hydrogens (tertiary/aromatic N) is 2. The van der Waals surface area contributed by atoms with Crippen molar-refractivity contribution in [2.75, 3.05) is 0 Å². The molecule has 0 radical (unpaired) electrons. The van der Waals surface area contributed by atoms with E-state index in [0.717, 1.165) is 6.42 Å². The van der Waals surface area contributed by atoms with Crippen LogP contribution in [-0.4, -0.2) is 9.55 Å². The van der Waals surface area contributed by atoms with E-state index in [2.05, 4.69) is 65.1 Å². The Morgan fingerprint density at radius 1 is 1.11 bits per heavy atom. The SMILES string of the molecule is CCCCc1cc(-n2ccc3ccccc32)ccn1. The Morgan fingerprint density at radius 3 is 2.89 bits per heavy atom. The van der Waals surface area contributed by atoms with Gasteiger partial charge in [-0.1, -0.05) is 31.5 Å². The van der Waals surface area contributed by atoms with Crippen LogP contribution in [0.5, 0.6) is 0 Å². The lowest BCUT2D eigenvalue weighted by atomic mass is 10.2. The third-order valence-corrected chi connectivity index (χ3v) is 3.46. The smallest absolute Gasteiger partial charge is 0.0528 e. The number of fused-ring (bicyclic) bond motifs is 1. The highest BCUT2D eigenvalue weighted by molar-refractivity contribution is 5.81. The Morgan fingerprint density at radius 2 is 2.00 bits per heavy atom. The highest BCUT2D eigenvalue weighted by Crippen LogP contribution is 2.20. The zero-order valence-corrected chi connectivity index (χ0v) is 11.2. The van der Waals surface area contributed by atoms with Gasteiger partial charge in [0.15, 0.2) is 0 Å². The van der Waals surface area contributed by atoms with E-state index >= 15 is 0 Å². The lowest BCUT2D eigenvalue weighted by Crippen LogP contribution is -1.96. The maximum absolute atomic E-state index is 4.45. The fourth-order valence-electron chi connectivity index (χ4n) is 2.42. The first-order valence-electron chi connectivity index (χ1n) is 6.90. The topological polar surface area (TPSA) is 17.8 Å². The van der Waals surface area contributed by atoms with E-state index in [-0.39, 0.29) is 0 Å². The second kappa shape index (κ2) is 5.27. The van der Waals surface area contributed by atoms with Crippen LogP contribution in [0, 0.1) is 0 Å². The Balaban J connectivity index is 2.01. The fraction of sp³-hybridized carbons (Fsp3) is 0.235. The first kappa shape index (κ1) is 12.0. The first-order chi connectivity index (χ1) is 9.38. The summed E-state index contributed by atoms with van der Waals surface area (Å²) in [6.45, 7) is 2.21. The summed E-state index contributed by atoms with van der Waals surface area (Å²) in [5.74, 6) is 0. The fourth-order valence-corrected chi connectivity index (χ4v) is 2.42. The van der Waals surface area contributed by atoms with Crippen LogP contribution in [0.4, 0.5) is 0 Å². The van der Waals surface area contributed by atoms with E-state index in [0.29, 0.717) is 0 Å². The molecule has 0 saturated carbocycles. The lowest BCUT2D eigenvalue weighted by molar-refractivity contribution is 0.775. The predicted molar refractivity (Wildman–Crippen MR) is 79.7 cm³/mol. The van der Waals surface area contributed by atoms with Crippen molar-refractivity contribution in [2.45, 2.75) is 26.2 Å². The van der Waals surface area contributed by atoms with Crippen molar-refractivity contribution in [3.05, 3.63) is 60.6 Å². The van der Waals surface area contributed by atoms with Crippen molar-refractivity contribution in [1.82, 2.24) is 9.55 Å². The van der Waals surface area contributed by atoms with Gasteiger partial charge in [0.25, 0.3) is 0 Å². The minimum atomic E-state index is 1.06. The molecule has 0 atom stereocenters. The second-order valence-electron chi connectivity index (χ2n) is 4.85. The van der Waals surface area contributed by atoms with Gasteiger partial charge in [0.2, 0.25) is 0 Å². The molecule has 1 aromatic carbocycles. The number of benzene rings is 1. The van der Waals surface area contributed by atoms with Crippen molar-refractivity contribution in [2.24, 2.45) is 0 Å². The number of para-hydroxylation sites is 1. The van der Waals surface area contributed by atoms with Gasteiger partial charge in [-0.2, -0.15) is 0 Å². The van der Waals surface area contributed by atoms with Crippen LogP contribution in [0.1, 0.15) is 25.5 Å². The minimum absolute atomic E-state index is 1.06. The maximum atomic E-state index is 4.45. The third-order valence-electron chi connectivity index (χ3n) is 3.46. The quantitative estimate of drug-likeness (QED) is 0.672. The van der Waals surface area contributed by atoms with Gasteiger partial charge in [-0.15, -0.1) is 0 Å². The summed E-state index contributed by atoms with van der Waals surface area (Å²) in [5, 5.41) is 1.27. The van der Waals surface area contributed by atoms with Crippen LogP contribution >= 0.6 is 0 Å². The molecule has 0 fully saturated rings. The van der Waals surface area contributed by atoms with Gasteiger partial charge in [-0.05, 0) is 42.5 Å². The van der Waals surface area contributed by atoms with E-state index in [9.17, 15) is 0 Å². The van der Waals surface area contributed by atoms with Gasteiger partial charge in [-0.3, -0.25) is 4.98 Å². The maximum Gasteiger partial charge on any atom is 0.0528 e. The molecule has 3 aromatic rings. The Hall–Kier alpha value is -2.09. The molecule has 0 saturated heterocycles. The van der Waals surface area contributed by atoms with E-state index in [1.165, 1.54) is 35.1 Å². The Labute approximate surface area is 113 Å².